The molecule has 1 spiro atoms. The van der Waals surface area contributed by atoms with Crippen molar-refractivity contribution in [3.63, 3.8) is 0 Å². The molecule has 10 rings (SSSR count). The van der Waals surface area contributed by atoms with Gasteiger partial charge in [0.05, 0.1) is 0 Å². The van der Waals surface area contributed by atoms with Crippen LogP contribution in [0, 0.1) is 0 Å². The van der Waals surface area contributed by atoms with Crippen LogP contribution in [0.4, 0.5) is 17.1 Å². The van der Waals surface area contributed by atoms with Gasteiger partial charge in [-0.1, -0.05) is 103 Å². The van der Waals surface area contributed by atoms with Crippen LogP contribution < -0.4 is 30.4 Å². The highest BCUT2D eigenvalue weighted by Crippen LogP contribution is 2.41. The molecule has 0 unspecified atom stereocenters. The fraction of sp³-hybridized carbons (Fsp3) is 0. The third kappa shape index (κ3) is 3.42. The lowest BCUT2D eigenvalue weighted by atomic mass is 10.1. The standard InChI is InChI=1S/C42H27NO2Si/c1-2-12-28(13-3-1)43(29-22-24-32-31-14-4-7-17-35(31)44-38(32)26-29)30-23-25-37-42(27-30)46(41-21-11-8-18-36(41)45-37)39-19-9-5-15-33(39)34-16-6-10-20-40(34)46/h1-27H. The molecule has 3 nitrogen and oxygen atoms in total. The maximum atomic E-state index is 6.73. The fourth-order valence-electron chi connectivity index (χ4n) is 7.86. The summed E-state index contributed by atoms with van der Waals surface area (Å²) in [6, 6.07) is 58.8. The van der Waals surface area contributed by atoms with Crippen LogP contribution in [0.2, 0.25) is 0 Å². The molecule has 0 saturated heterocycles. The molecular formula is C42H27NO2Si. The van der Waals surface area contributed by atoms with Gasteiger partial charge in [-0.3, -0.25) is 0 Å². The zero-order chi connectivity index (χ0) is 30.2. The third-order valence-electron chi connectivity index (χ3n) is 9.72. The van der Waals surface area contributed by atoms with Crippen molar-refractivity contribution in [2.75, 3.05) is 4.90 Å². The maximum absolute atomic E-state index is 6.73. The van der Waals surface area contributed by atoms with Crippen LogP contribution in [-0.2, 0) is 0 Å². The zero-order valence-electron chi connectivity index (χ0n) is 24.9. The highest BCUT2D eigenvalue weighted by Gasteiger charge is 2.53. The quantitative estimate of drug-likeness (QED) is 0.189. The van der Waals surface area contributed by atoms with Crippen molar-refractivity contribution in [2.45, 2.75) is 0 Å². The summed E-state index contributed by atoms with van der Waals surface area (Å²) >= 11 is 0. The van der Waals surface area contributed by atoms with Crippen molar-refractivity contribution in [1.82, 2.24) is 0 Å². The lowest BCUT2D eigenvalue weighted by Crippen LogP contribution is -2.74. The number of hydrogen-bond acceptors (Lipinski definition) is 3. The first kappa shape index (κ1) is 25.5. The van der Waals surface area contributed by atoms with E-state index in [-0.39, 0.29) is 0 Å². The molecule has 0 radical (unpaired) electrons. The fourth-order valence-corrected chi connectivity index (χ4v) is 13.3. The Hall–Kier alpha value is -5.84. The Labute approximate surface area is 267 Å². The second-order valence-electron chi connectivity index (χ2n) is 12.1. The summed E-state index contributed by atoms with van der Waals surface area (Å²) in [5.74, 6) is 1.89. The van der Waals surface area contributed by atoms with E-state index >= 15 is 0 Å². The predicted octanol–water partition coefficient (Wildman–Crippen LogP) is 8.52. The van der Waals surface area contributed by atoms with Crippen molar-refractivity contribution < 1.29 is 9.15 Å². The molecule has 0 aliphatic carbocycles. The predicted molar refractivity (Wildman–Crippen MR) is 191 cm³/mol. The van der Waals surface area contributed by atoms with Crippen LogP contribution >= 0.6 is 0 Å². The van der Waals surface area contributed by atoms with E-state index in [4.69, 9.17) is 9.15 Å². The van der Waals surface area contributed by atoms with E-state index in [0.29, 0.717) is 0 Å². The van der Waals surface area contributed by atoms with E-state index in [1.54, 1.807) is 0 Å². The van der Waals surface area contributed by atoms with E-state index < -0.39 is 8.07 Å². The molecule has 46 heavy (non-hydrogen) atoms. The molecule has 2 aliphatic heterocycles. The summed E-state index contributed by atoms with van der Waals surface area (Å²) in [6.45, 7) is 0. The summed E-state index contributed by atoms with van der Waals surface area (Å²) < 4.78 is 13.1. The van der Waals surface area contributed by atoms with Crippen molar-refractivity contribution >= 4 is 67.8 Å². The molecule has 2 aliphatic rings. The average molecular weight is 606 g/mol. The van der Waals surface area contributed by atoms with Gasteiger partial charge >= 0.3 is 0 Å². The van der Waals surface area contributed by atoms with Gasteiger partial charge < -0.3 is 14.1 Å². The number of hydrogen-bond donors (Lipinski definition) is 0. The number of nitrogens with zero attached hydrogens (tertiary/aromatic N) is 1. The average Bonchev–Trinajstić information content (AvgIpc) is 3.63. The van der Waals surface area contributed by atoms with E-state index in [2.05, 4.69) is 157 Å². The zero-order valence-corrected chi connectivity index (χ0v) is 25.9. The number of para-hydroxylation sites is 3. The van der Waals surface area contributed by atoms with E-state index in [1.807, 2.05) is 12.1 Å². The molecule has 1 aromatic heterocycles. The summed E-state index contributed by atoms with van der Waals surface area (Å²) in [5.41, 5.74) is 7.63. The first-order chi connectivity index (χ1) is 22.8. The smallest absolute Gasteiger partial charge is 0.189 e. The van der Waals surface area contributed by atoms with Gasteiger partial charge in [0.25, 0.3) is 0 Å². The Morgan fingerprint density at radius 3 is 1.78 bits per heavy atom. The molecule has 0 amide bonds. The Morgan fingerprint density at radius 1 is 0.391 bits per heavy atom. The van der Waals surface area contributed by atoms with Crippen LogP contribution in [0.25, 0.3) is 33.1 Å². The highest BCUT2D eigenvalue weighted by atomic mass is 28.3. The van der Waals surface area contributed by atoms with E-state index in [0.717, 1.165) is 50.5 Å². The molecule has 7 aromatic carbocycles. The lowest BCUT2D eigenvalue weighted by Gasteiger charge is -2.38. The largest absolute Gasteiger partial charge is 0.458 e. The second-order valence-corrected chi connectivity index (χ2v) is 15.7. The SMILES string of the molecule is c1ccc(N(c2ccc3c(c2)[Si]2(c4ccccc4O3)c3ccccc3-c3ccccc32)c2ccc3c(c2)oc2ccccc23)cc1. The molecular weight excluding hydrogens is 579 g/mol. The van der Waals surface area contributed by atoms with Gasteiger partial charge in [0.2, 0.25) is 0 Å². The minimum atomic E-state index is -2.72. The van der Waals surface area contributed by atoms with Gasteiger partial charge in [-0.15, -0.1) is 0 Å². The van der Waals surface area contributed by atoms with Crippen molar-refractivity contribution in [2.24, 2.45) is 0 Å². The summed E-state index contributed by atoms with van der Waals surface area (Å²) in [7, 11) is -2.72. The van der Waals surface area contributed by atoms with Crippen LogP contribution in [0.15, 0.2) is 168 Å². The summed E-state index contributed by atoms with van der Waals surface area (Å²) in [6.07, 6.45) is 0. The number of fused-ring (bicyclic) bond motifs is 12. The maximum Gasteiger partial charge on any atom is 0.189 e. The Balaban J connectivity index is 1.25. The molecule has 4 heteroatoms. The summed E-state index contributed by atoms with van der Waals surface area (Å²) in [4.78, 5) is 2.34. The number of rotatable bonds is 3. The van der Waals surface area contributed by atoms with Crippen molar-refractivity contribution in [3.8, 4) is 22.6 Å². The van der Waals surface area contributed by atoms with Crippen LogP contribution in [0.3, 0.4) is 0 Å². The van der Waals surface area contributed by atoms with Crippen molar-refractivity contribution in [3.05, 3.63) is 164 Å². The van der Waals surface area contributed by atoms with Crippen LogP contribution in [-0.4, -0.2) is 8.07 Å². The van der Waals surface area contributed by atoms with Gasteiger partial charge in [0.15, 0.2) is 8.07 Å². The van der Waals surface area contributed by atoms with Gasteiger partial charge in [-0.2, -0.15) is 0 Å². The summed E-state index contributed by atoms with van der Waals surface area (Å²) in [5, 5.41) is 7.65. The molecule has 8 aromatic rings. The van der Waals surface area contributed by atoms with Gasteiger partial charge in [-0.05, 0) is 86.5 Å². The number of furan rings is 1. The topological polar surface area (TPSA) is 25.6 Å². The van der Waals surface area contributed by atoms with Gasteiger partial charge in [0.1, 0.15) is 22.7 Å². The number of benzene rings is 7. The highest BCUT2D eigenvalue weighted by molar-refractivity contribution is 7.23. The normalized spacial score (nSPS) is 13.6. The van der Waals surface area contributed by atoms with Crippen molar-refractivity contribution in [1.29, 1.82) is 0 Å². The Morgan fingerprint density at radius 2 is 0.978 bits per heavy atom. The first-order valence-electron chi connectivity index (χ1n) is 15.7. The molecule has 0 N–H and O–H groups in total. The number of anilines is 3. The van der Waals surface area contributed by atoms with Gasteiger partial charge in [-0.25, -0.2) is 0 Å². The van der Waals surface area contributed by atoms with E-state index in [9.17, 15) is 0 Å². The van der Waals surface area contributed by atoms with Crippen LogP contribution in [0.1, 0.15) is 0 Å². The second kappa shape index (κ2) is 9.58. The van der Waals surface area contributed by atoms with Crippen LogP contribution in [0.5, 0.6) is 11.5 Å². The molecule has 0 saturated carbocycles. The monoisotopic (exact) mass is 605 g/mol. The molecule has 3 heterocycles. The first-order valence-corrected chi connectivity index (χ1v) is 17.7. The molecule has 0 fully saturated rings. The van der Waals surface area contributed by atoms with Gasteiger partial charge in [0, 0.05) is 33.9 Å². The molecule has 0 atom stereocenters. The number of ether oxygens (including phenoxy) is 1. The molecule has 0 bridgehead atoms. The minimum absolute atomic E-state index is 0.874. The van der Waals surface area contributed by atoms with E-state index in [1.165, 1.54) is 31.9 Å². The minimum Gasteiger partial charge on any atom is -0.458 e. The lowest BCUT2D eigenvalue weighted by molar-refractivity contribution is 0.487. The molecule has 216 valence electrons. The Bertz CT molecular complexity index is 2440. The third-order valence-corrected chi connectivity index (χ3v) is 14.6. The Kier molecular flexibility index (Phi) is 5.30.